The number of aryl methyl sites for hydroxylation is 2. The Kier molecular flexibility index (Phi) is 8.63. The number of aliphatic imine (C=N–C) groups is 1. The number of hydrogen-bond donors (Lipinski definition) is 2. The zero-order chi connectivity index (χ0) is 19.6. The van der Waals surface area contributed by atoms with Gasteiger partial charge < -0.3 is 15.2 Å². The van der Waals surface area contributed by atoms with Gasteiger partial charge in [-0.3, -0.25) is 4.68 Å². The highest BCUT2D eigenvalue weighted by Crippen LogP contribution is 2.16. The third-order valence-electron chi connectivity index (χ3n) is 4.06. The molecule has 9 heteroatoms. The summed E-state index contributed by atoms with van der Waals surface area (Å²) in [5.41, 5.74) is 1.08. The molecule has 0 atom stereocenters. The summed E-state index contributed by atoms with van der Waals surface area (Å²) < 4.78 is 4.09. The van der Waals surface area contributed by atoms with E-state index in [0.717, 1.165) is 55.1 Å². The van der Waals surface area contributed by atoms with Gasteiger partial charge in [0.1, 0.15) is 5.82 Å². The molecule has 0 aromatic carbocycles. The number of nitrogens with zero attached hydrogens (tertiary/aromatic N) is 6. The van der Waals surface area contributed by atoms with Crippen molar-refractivity contribution in [3.05, 3.63) is 23.8 Å². The monoisotopic (exact) mass is 392 g/mol. The highest BCUT2D eigenvalue weighted by atomic mass is 32.2. The Labute approximate surface area is 166 Å². The molecule has 0 amide bonds. The van der Waals surface area contributed by atoms with E-state index in [1.165, 1.54) is 0 Å². The normalized spacial score (nSPS) is 12.0. The molecule has 27 heavy (non-hydrogen) atoms. The first-order chi connectivity index (χ1) is 13.0. The van der Waals surface area contributed by atoms with Crippen LogP contribution in [-0.2, 0) is 26.6 Å². The van der Waals surface area contributed by atoms with Gasteiger partial charge in [0.2, 0.25) is 0 Å². The molecular formula is C18H32N8S. The van der Waals surface area contributed by atoms with Crippen LogP contribution < -0.4 is 10.6 Å². The third kappa shape index (κ3) is 6.57. The second-order valence-electron chi connectivity index (χ2n) is 6.78. The van der Waals surface area contributed by atoms with Crippen molar-refractivity contribution in [2.75, 3.05) is 19.3 Å². The topological polar surface area (TPSA) is 84.9 Å². The van der Waals surface area contributed by atoms with Gasteiger partial charge in [-0.1, -0.05) is 25.6 Å². The minimum absolute atomic E-state index is 0.572. The van der Waals surface area contributed by atoms with E-state index in [1.807, 2.05) is 24.1 Å². The highest BCUT2D eigenvalue weighted by molar-refractivity contribution is 7.98. The van der Waals surface area contributed by atoms with E-state index in [2.05, 4.69) is 56.3 Å². The van der Waals surface area contributed by atoms with Crippen LogP contribution in [0.5, 0.6) is 0 Å². The van der Waals surface area contributed by atoms with Crippen molar-refractivity contribution in [1.29, 1.82) is 0 Å². The van der Waals surface area contributed by atoms with Crippen LogP contribution >= 0.6 is 11.8 Å². The van der Waals surface area contributed by atoms with Crippen molar-refractivity contribution in [2.45, 2.75) is 51.9 Å². The van der Waals surface area contributed by atoms with Crippen molar-refractivity contribution < 1.29 is 0 Å². The van der Waals surface area contributed by atoms with E-state index in [-0.39, 0.29) is 0 Å². The Morgan fingerprint density at radius 1 is 1.30 bits per heavy atom. The lowest BCUT2D eigenvalue weighted by molar-refractivity contribution is 0.477. The van der Waals surface area contributed by atoms with Crippen molar-refractivity contribution in [3.8, 4) is 0 Å². The fourth-order valence-electron chi connectivity index (χ4n) is 2.71. The molecule has 8 nitrogen and oxygen atoms in total. The van der Waals surface area contributed by atoms with Crippen LogP contribution in [0.1, 0.15) is 38.7 Å². The maximum absolute atomic E-state index is 4.63. The summed E-state index contributed by atoms with van der Waals surface area (Å²) in [6, 6.07) is 1.98. The molecule has 0 unspecified atom stereocenters. The van der Waals surface area contributed by atoms with Gasteiger partial charge in [-0.25, -0.2) is 4.99 Å². The average Bonchev–Trinajstić information content (AvgIpc) is 3.22. The second-order valence-corrected chi connectivity index (χ2v) is 7.55. The molecule has 2 aromatic rings. The van der Waals surface area contributed by atoms with Crippen LogP contribution in [-0.4, -0.2) is 49.8 Å². The SMILES string of the molecule is CCNC(=NCc1ccnn1C)NCCCc1nnc(SC)n1CC(C)C. The molecule has 0 bridgehead atoms. The van der Waals surface area contributed by atoms with Crippen molar-refractivity contribution in [1.82, 2.24) is 35.2 Å². The lowest BCUT2D eigenvalue weighted by Gasteiger charge is -2.13. The van der Waals surface area contributed by atoms with E-state index in [0.29, 0.717) is 12.5 Å². The maximum atomic E-state index is 4.63. The molecular weight excluding hydrogens is 360 g/mol. The van der Waals surface area contributed by atoms with Crippen LogP contribution in [0.2, 0.25) is 0 Å². The van der Waals surface area contributed by atoms with Gasteiger partial charge in [0, 0.05) is 39.3 Å². The lowest BCUT2D eigenvalue weighted by Crippen LogP contribution is -2.38. The van der Waals surface area contributed by atoms with Crippen LogP contribution in [0.25, 0.3) is 0 Å². The molecule has 2 heterocycles. The van der Waals surface area contributed by atoms with Crippen molar-refractivity contribution in [3.63, 3.8) is 0 Å². The number of thioether (sulfide) groups is 1. The fraction of sp³-hybridized carbons (Fsp3) is 0.667. The molecule has 0 fully saturated rings. The van der Waals surface area contributed by atoms with Gasteiger partial charge in [-0.05, 0) is 31.6 Å². The Morgan fingerprint density at radius 3 is 2.74 bits per heavy atom. The number of nitrogens with one attached hydrogen (secondary N) is 2. The molecule has 0 aliphatic carbocycles. The summed E-state index contributed by atoms with van der Waals surface area (Å²) >= 11 is 1.65. The van der Waals surface area contributed by atoms with Gasteiger partial charge in [0.05, 0.1) is 12.2 Å². The summed E-state index contributed by atoms with van der Waals surface area (Å²) in [4.78, 5) is 4.63. The second kappa shape index (κ2) is 11.0. The average molecular weight is 393 g/mol. The zero-order valence-corrected chi connectivity index (χ0v) is 17.9. The summed E-state index contributed by atoms with van der Waals surface area (Å²) in [7, 11) is 1.93. The molecule has 0 saturated carbocycles. The fourth-order valence-corrected chi connectivity index (χ4v) is 3.24. The predicted molar refractivity (Wildman–Crippen MR) is 111 cm³/mol. The van der Waals surface area contributed by atoms with Crippen LogP contribution in [0.15, 0.2) is 22.4 Å². The van der Waals surface area contributed by atoms with Gasteiger partial charge in [-0.2, -0.15) is 5.10 Å². The summed E-state index contributed by atoms with van der Waals surface area (Å²) in [6.45, 7) is 9.73. The predicted octanol–water partition coefficient (Wildman–Crippen LogP) is 2.08. The van der Waals surface area contributed by atoms with Crippen LogP contribution in [0.4, 0.5) is 0 Å². The summed E-state index contributed by atoms with van der Waals surface area (Å²) in [5.74, 6) is 2.46. The Balaban J connectivity index is 1.86. The quantitative estimate of drug-likeness (QED) is 0.279. The van der Waals surface area contributed by atoms with Crippen LogP contribution in [0.3, 0.4) is 0 Å². The molecule has 0 saturated heterocycles. The first-order valence-corrected chi connectivity index (χ1v) is 10.7. The first kappa shape index (κ1) is 21.3. The van der Waals surface area contributed by atoms with Crippen LogP contribution in [0, 0.1) is 5.92 Å². The molecule has 150 valence electrons. The minimum atomic E-state index is 0.572. The number of hydrogen-bond acceptors (Lipinski definition) is 5. The molecule has 2 N–H and O–H groups in total. The van der Waals surface area contributed by atoms with Gasteiger partial charge in [-0.15, -0.1) is 10.2 Å². The highest BCUT2D eigenvalue weighted by Gasteiger charge is 2.12. The van der Waals surface area contributed by atoms with E-state index < -0.39 is 0 Å². The minimum Gasteiger partial charge on any atom is -0.357 e. The smallest absolute Gasteiger partial charge is 0.191 e. The lowest BCUT2D eigenvalue weighted by atomic mass is 10.2. The molecule has 2 aromatic heterocycles. The third-order valence-corrected chi connectivity index (χ3v) is 4.73. The van der Waals surface area contributed by atoms with Gasteiger partial charge >= 0.3 is 0 Å². The Bertz CT molecular complexity index is 719. The maximum Gasteiger partial charge on any atom is 0.191 e. The first-order valence-electron chi connectivity index (χ1n) is 9.50. The van der Waals surface area contributed by atoms with E-state index in [4.69, 9.17) is 0 Å². The van der Waals surface area contributed by atoms with E-state index in [9.17, 15) is 0 Å². The number of aromatic nitrogens is 5. The largest absolute Gasteiger partial charge is 0.357 e. The molecule has 0 aliphatic heterocycles. The van der Waals surface area contributed by atoms with Crippen molar-refractivity contribution in [2.24, 2.45) is 18.0 Å². The summed E-state index contributed by atoms with van der Waals surface area (Å²) in [5, 5.41) is 20.6. The zero-order valence-electron chi connectivity index (χ0n) is 17.1. The molecule has 2 rings (SSSR count). The van der Waals surface area contributed by atoms with E-state index >= 15 is 0 Å². The molecule has 0 radical (unpaired) electrons. The standard InChI is InChI=1S/C18H32N8S/c1-6-19-17(21-12-15-9-11-22-25(15)4)20-10-7-8-16-23-24-18(27-5)26(16)13-14(2)3/h9,11,14H,6-8,10,12-13H2,1-5H3,(H2,19,20,21). The molecule has 0 aliphatic rings. The van der Waals surface area contributed by atoms with Crippen molar-refractivity contribution >= 4 is 17.7 Å². The van der Waals surface area contributed by atoms with E-state index in [1.54, 1.807) is 18.0 Å². The van der Waals surface area contributed by atoms with Gasteiger partial charge in [0.25, 0.3) is 0 Å². The molecule has 0 spiro atoms. The Hall–Kier alpha value is -2.03. The number of guanidine groups is 1. The number of rotatable bonds is 10. The summed E-state index contributed by atoms with van der Waals surface area (Å²) in [6.07, 6.45) is 5.71. The van der Waals surface area contributed by atoms with Gasteiger partial charge in [0.15, 0.2) is 11.1 Å². The Morgan fingerprint density at radius 2 is 2.11 bits per heavy atom.